The minimum Gasteiger partial charge on any atom is -0.497 e. The van der Waals surface area contributed by atoms with E-state index in [1.807, 2.05) is 31.2 Å². The van der Waals surface area contributed by atoms with E-state index in [4.69, 9.17) is 4.74 Å². The van der Waals surface area contributed by atoms with E-state index in [0.717, 1.165) is 38.9 Å². The summed E-state index contributed by atoms with van der Waals surface area (Å²) < 4.78 is 16.3. The predicted molar refractivity (Wildman–Crippen MR) is 113 cm³/mol. The summed E-state index contributed by atoms with van der Waals surface area (Å²) in [7, 11) is 1.63. The lowest BCUT2D eigenvalue weighted by Gasteiger charge is -2.06. The van der Waals surface area contributed by atoms with E-state index in [0.29, 0.717) is 22.0 Å². The Labute approximate surface area is 173 Å². The number of fused-ring (bicyclic) bond motifs is 2. The molecule has 0 unspecified atom stereocenters. The molecule has 0 bridgehead atoms. The van der Waals surface area contributed by atoms with Gasteiger partial charge >= 0.3 is 0 Å². The van der Waals surface area contributed by atoms with Crippen LogP contribution in [0.25, 0.3) is 26.4 Å². The Hall–Kier alpha value is -3.37. The van der Waals surface area contributed by atoms with Gasteiger partial charge in [0, 0.05) is 11.6 Å². The van der Waals surface area contributed by atoms with Crippen LogP contribution < -0.4 is 10.1 Å². The van der Waals surface area contributed by atoms with Crippen LogP contribution in [0.2, 0.25) is 0 Å². The molecule has 5 rings (SSSR count). The zero-order valence-electron chi connectivity index (χ0n) is 15.4. The Morgan fingerprint density at radius 1 is 1.07 bits per heavy atom. The van der Waals surface area contributed by atoms with Crippen molar-refractivity contribution in [2.75, 3.05) is 12.4 Å². The fourth-order valence-corrected chi connectivity index (χ4v) is 4.43. The minimum atomic E-state index is -0.246. The lowest BCUT2D eigenvalue weighted by atomic mass is 10.2. The molecule has 0 spiro atoms. The highest BCUT2D eigenvalue weighted by molar-refractivity contribution is 7.20. The largest absolute Gasteiger partial charge is 0.497 e. The molecular formula is C19H14N6O2S2. The number of methoxy groups -OCH3 is 1. The van der Waals surface area contributed by atoms with Gasteiger partial charge < -0.3 is 10.1 Å². The van der Waals surface area contributed by atoms with Crippen LogP contribution in [0.1, 0.15) is 16.1 Å². The molecule has 144 valence electrons. The molecule has 0 aliphatic rings. The van der Waals surface area contributed by atoms with Crippen LogP contribution in [0.5, 0.6) is 5.75 Å². The topological polar surface area (TPSA) is 94.8 Å². The Morgan fingerprint density at radius 2 is 1.90 bits per heavy atom. The molecule has 8 nitrogen and oxygen atoms in total. The standard InChI is InChI=1S/C19H14N6O2S2/c1-10-7-17(21-18(26)11-3-5-13-15(8-11)24-29-23-13)25(22-10)19-20-14-6-4-12(27-2)9-16(14)28-19/h3-9H,1-2H3,(H,21,26). The Kier molecular flexibility index (Phi) is 4.22. The van der Waals surface area contributed by atoms with Gasteiger partial charge in [-0.3, -0.25) is 4.79 Å². The molecule has 0 saturated carbocycles. The maximum Gasteiger partial charge on any atom is 0.256 e. The van der Waals surface area contributed by atoms with Gasteiger partial charge in [0.15, 0.2) is 0 Å². The molecule has 5 aromatic rings. The molecule has 10 heteroatoms. The van der Waals surface area contributed by atoms with Crippen LogP contribution in [0.15, 0.2) is 42.5 Å². The fraction of sp³-hybridized carbons (Fsp3) is 0.105. The Bertz CT molecular complexity index is 1370. The van der Waals surface area contributed by atoms with Crippen LogP contribution in [0.4, 0.5) is 5.82 Å². The highest BCUT2D eigenvalue weighted by atomic mass is 32.1. The number of hydrogen-bond donors (Lipinski definition) is 1. The van der Waals surface area contributed by atoms with Crippen molar-refractivity contribution in [3.63, 3.8) is 0 Å². The van der Waals surface area contributed by atoms with E-state index in [-0.39, 0.29) is 5.91 Å². The number of carbonyl (C=O) groups is 1. The number of benzene rings is 2. The smallest absolute Gasteiger partial charge is 0.256 e. The van der Waals surface area contributed by atoms with Crippen molar-refractivity contribution < 1.29 is 9.53 Å². The van der Waals surface area contributed by atoms with Gasteiger partial charge in [-0.1, -0.05) is 11.3 Å². The van der Waals surface area contributed by atoms with Crippen molar-refractivity contribution in [2.45, 2.75) is 6.92 Å². The van der Waals surface area contributed by atoms with Crippen molar-refractivity contribution in [1.82, 2.24) is 23.5 Å². The second-order valence-electron chi connectivity index (χ2n) is 6.33. The molecule has 3 heterocycles. The number of aromatic nitrogens is 5. The molecule has 2 aromatic carbocycles. The summed E-state index contributed by atoms with van der Waals surface area (Å²) >= 11 is 2.60. The first-order valence-electron chi connectivity index (χ1n) is 8.66. The van der Waals surface area contributed by atoms with Crippen molar-refractivity contribution >= 4 is 56.0 Å². The number of anilines is 1. The van der Waals surface area contributed by atoms with Crippen LogP contribution in [0, 0.1) is 6.92 Å². The summed E-state index contributed by atoms with van der Waals surface area (Å²) in [5.74, 6) is 1.07. The number of hydrogen-bond acceptors (Lipinski definition) is 8. The number of rotatable bonds is 4. The molecule has 1 N–H and O–H groups in total. The fourth-order valence-electron chi connectivity index (χ4n) is 2.96. The molecule has 0 aliphatic carbocycles. The average molecular weight is 422 g/mol. The molecule has 0 saturated heterocycles. The summed E-state index contributed by atoms with van der Waals surface area (Å²) in [5, 5.41) is 8.10. The summed E-state index contributed by atoms with van der Waals surface area (Å²) in [6.07, 6.45) is 0. The molecule has 1 amide bonds. The van der Waals surface area contributed by atoms with Gasteiger partial charge in [-0.2, -0.15) is 18.5 Å². The molecule has 0 radical (unpaired) electrons. The second kappa shape index (κ2) is 6.90. The third kappa shape index (κ3) is 3.22. The first-order valence-corrected chi connectivity index (χ1v) is 10.2. The predicted octanol–water partition coefficient (Wildman–Crippen LogP) is 4.06. The highest BCUT2D eigenvalue weighted by Crippen LogP contribution is 2.30. The molecule has 29 heavy (non-hydrogen) atoms. The van der Waals surface area contributed by atoms with Gasteiger partial charge in [-0.15, -0.1) is 0 Å². The minimum absolute atomic E-state index is 0.246. The van der Waals surface area contributed by atoms with Crippen molar-refractivity contribution in [3.8, 4) is 10.9 Å². The van der Waals surface area contributed by atoms with E-state index in [1.54, 1.807) is 30.0 Å². The number of thiazole rings is 1. The number of nitrogens with zero attached hydrogens (tertiary/aromatic N) is 5. The van der Waals surface area contributed by atoms with Gasteiger partial charge in [0.25, 0.3) is 5.91 Å². The van der Waals surface area contributed by atoms with E-state index in [2.05, 4.69) is 24.1 Å². The summed E-state index contributed by atoms with van der Waals surface area (Å²) in [6, 6.07) is 12.8. The summed E-state index contributed by atoms with van der Waals surface area (Å²) in [4.78, 5) is 17.4. The van der Waals surface area contributed by atoms with E-state index in [9.17, 15) is 4.79 Å². The van der Waals surface area contributed by atoms with Crippen LogP contribution in [-0.4, -0.2) is 36.5 Å². The van der Waals surface area contributed by atoms with Crippen LogP contribution in [-0.2, 0) is 0 Å². The molecular weight excluding hydrogens is 408 g/mol. The Morgan fingerprint density at radius 3 is 2.76 bits per heavy atom. The lowest BCUT2D eigenvalue weighted by molar-refractivity contribution is 0.102. The van der Waals surface area contributed by atoms with Gasteiger partial charge in [-0.05, 0) is 43.3 Å². The molecule has 3 aromatic heterocycles. The monoisotopic (exact) mass is 422 g/mol. The summed E-state index contributed by atoms with van der Waals surface area (Å²) in [5.41, 5.74) is 3.60. The van der Waals surface area contributed by atoms with Crippen LogP contribution >= 0.6 is 23.1 Å². The van der Waals surface area contributed by atoms with Gasteiger partial charge in [0.2, 0.25) is 5.13 Å². The van der Waals surface area contributed by atoms with Gasteiger partial charge in [0.1, 0.15) is 22.6 Å². The number of carbonyl (C=O) groups excluding carboxylic acids is 1. The summed E-state index contributed by atoms with van der Waals surface area (Å²) in [6.45, 7) is 1.87. The lowest BCUT2D eigenvalue weighted by Crippen LogP contribution is -2.15. The van der Waals surface area contributed by atoms with Crippen molar-refractivity contribution in [3.05, 3.63) is 53.7 Å². The SMILES string of the molecule is COc1ccc2nc(-n3nc(C)cc3NC(=O)c3ccc4nsnc4c3)sc2c1. The zero-order chi connectivity index (χ0) is 20.0. The highest BCUT2D eigenvalue weighted by Gasteiger charge is 2.16. The third-order valence-corrected chi connectivity index (χ3v) is 5.90. The molecule has 0 aliphatic heterocycles. The van der Waals surface area contributed by atoms with E-state index in [1.165, 1.54) is 11.3 Å². The normalized spacial score (nSPS) is 11.2. The van der Waals surface area contributed by atoms with E-state index >= 15 is 0 Å². The first-order chi connectivity index (χ1) is 14.1. The maximum absolute atomic E-state index is 12.8. The number of amides is 1. The molecule has 0 atom stereocenters. The zero-order valence-corrected chi connectivity index (χ0v) is 17.0. The van der Waals surface area contributed by atoms with Crippen LogP contribution in [0.3, 0.4) is 0 Å². The first kappa shape index (κ1) is 17.7. The quantitative estimate of drug-likeness (QED) is 0.469. The van der Waals surface area contributed by atoms with Crippen molar-refractivity contribution in [2.24, 2.45) is 0 Å². The molecule has 0 fully saturated rings. The number of aryl methyl sites for hydroxylation is 1. The maximum atomic E-state index is 12.8. The van der Waals surface area contributed by atoms with Crippen molar-refractivity contribution in [1.29, 1.82) is 0 Å². The third-order valence-electron chi connectivity index (χ3n) is 4.35. The van der Waals surface area contributed by atoms with E-state index < -0.39 is 0 Å². The number of ether oxygens (including phenoxy) is 1. The Balaban J connectivity index is 1.49. The second-order valence-corrected chi connectivity index (χ2v) is 7.87. The van der Waals surface area contributed by atoms with Gasteiger partial charge in [-0.25, -0.2) is 4.98 Å². The average Bonchev–Trinajstić information content (AvgIpc) is 3.44. The number of nitrogens with one attached hydrogen (secondary N) is 1. The van der Waals surface area contributed by atoms with Gasteiger partial charge in [0.05, 0.1) is 34.7 Å².